The van der Waals surface area contributed by atoms with Gasteiger partial charge in [-0.1, -0.05) is 42.5 Å². The summed E-state index contributed by atoms with van der Waals surface area (Å²) in [6, 6.07) is 12.9. The summed E-state index contributed by atoms with van der Waals surface area (Å²) in [5, 5.41) is 3.05. The fraction of sp³-hybridized carbons (Fsp3) is 0.348. The molecule has 2 unspecified atom stereocenters. The van der Waals surface area contributed by atoms with Gasteiger partial charge in [0.25, 0.3) is 0 Å². The number of amides is 1. The van der Waals surface area contributed by atoms with Crippen LogP contribution in [0.2, 0.25) is 0 Å². The van der Waals surface area contributed by atoms with E-state index in [1.54, 1.807) is 24.3 Å². The van der Waals surface area contributed by atoms with Crippen LogP contribution in [0.5, 0.6) is 5.75 Å². The van der Waals surface area contributed by atoms with E-state index in [1.807, 2.05) is 18.2 Å². The van der Waals surface area contributed by atoms with E-state index in [-0.39, 0.29) is 17.9 Å². The molecular formula is C23H25NO4S. The zero-order valence-corrected chi connectivity index (χ0v) is 17.2. The van der Waals surface area contributed by atoms with Crippen LogP contribution in [0.1, 0.15) is 24.8 Å². The standard InChI is InChI=1S/C23H25NO4S/c1-29(26,27)20-12-10-16(11-13-20)21-9-5-8-18-14-19(28-22(18)21)15-24-23(25)17-6-3-2-4-7-17/h2-3,5,8-13,17,19H,4,6-7,14-15H2,1H3,(H,24,25). The minimum atomic E-state index is -3.22. The number of benzene rings is 2. The monoisotopic (exact) mass is 411 g/mol. The summed E-state index contributed by atoms with van der Waals surface area (Å²) in [5.74, 6) is 0.984. The maximum Gasteiger partial charge on any atom is 0.223 e. The maximum atomic E-state index is 12.4. The fourth-order valence-corrected chi connectivity index (χ4v) is 4.58. The molecule has 0 fully saturated rings. The quantitative estimate of drug-likeness (QED) is 0.764. The van der Waals surface area contributed by atoms with Crippen LogP contribution in [0.4, 0.5) is 0 Å². The van der Waals surface area contributed by atoms with E-state index in [0.29, 0.717) is 11.4 Å². The van der Waals surface area contributed by atoms with Crippen LogP contribution in [0.15, 0.2) is 59.5 Å². The van der Waals surface area contributed by atoms with E-state index in [1.165, 1.54) is 6.26 Å². The Kier molecular flexibility index (Phi) is 5.46. The number of sulfone groups is 1. The molecular weight excluding hydrogens is 386 g/mol. The Morgan fingerprint density at radius 1 is 1.14 bits per heavy atom. The smallest absolute Gasteiger partial charge is 0.223 e. The second kappa shape index (κ2) is 8.03. The van der Waals surface area contributed by atoms with Crippen LogP contribution >= 0.6 is 0 Å². The van der Waals surface area contributed by atoms with Crippen LogP contribution in [0.25, 0.3) is 11.1 Å². The molecule has 2 aromatic carbocycles. The van der Waals surface area contributed by atoms with Crippen LogP contribution < -0.4 is 10.1 Å². The van der Waals surface area contributed by atoms with Crippen molar-refractivity contribution in [1.82, 2.24) is 5.32 Å². The minimum Gasteiger partial charge on any atom is -0.487 e. The number of allylic oxidation sites excluding steroid dienone is 2. The first kappa shape index (κ1) is 19.7. The number of carbonyl (C=O) groups is 1. The molecule has 5 nitrogen and oxygen atoms in total. The number of para-hydroxylation sites is 1. The number of ether oxygens (including phenoxy) is 1. The van der Waals surface area contributed by atoms with E-state index >= 15 is 0 Å². The number of carbonyl (C=O) groups excluding carboxylic acids is 1. The van der Waals surface area contributed by atoms with Crippen LogP contribution in [-0.2, 0) is 21.1 Å². The van der Waals surface area contributed by atoms with Gasteiger partial charge in [0.15, 0.2) is 9.84 Å². The first-order valence-corrected chi connectivity index (χ1v) is 11.8. The Balaban J connectivity index is 1.45. The molecule has 6 heteroatoms. The Hall–Kier alpha value is -2.60. The molecule has 4 rings (SSSR count). The summed E-state index contributed by atoms with van der Waals surface area (Å²) in [5.41, 5.74) is 2.95. The van der Waals surface area contributed by atoms with Crippen molar-refractivity contribution in [2.45, 2.75) is 36.7 Å². The van der Waals surface area contributed by atoms with Crippen LogP contribution in [0, 0.1) is 5.92 Å². The highest BCUT2D eigenvalue weighted by atomic mass is 32.2. The van der Waals surface area contributed by atoms with Gasteiger partial charge in [0, 0.05) is 24.2 Å². The lowest BCUT2D eigenvalue weighted by atomic mass is 9.93. The lowest BCUT2D eigenvalue weighted by molar-refractivity contribution is -0.125. The van der Waals surface area contributed by atoms with E-state index in [4.69, 9.17) is 4.74 Å². The Morgan fingerprint density at radius 3 is 2.62 bits per heavy atom. The van der Waals surface area contributed by atoms with Gasteiger partial charge < -0.3 is 10.1 Å². The third-order valence-electron chi connectivity index (χ3n) is 5.57. The molecule has 0 saturated heterocycles. The van der Waals surface area contributed by atoms with Gasteiger partial charge in [-0.2, -0.15) is 0 Å². The van der Waals surface area contributed by atoms with Gasteiger partial charge in [-0.3, -0.25) is 4.79 Å². The molecule has 152 valence electrons. The van der Waals surface area contributed by atoms with E-state index in [2.05, 4.69) is 17.5 Å². The van der Waals surface area contributed by atoms with Crippen molar-refractivity contribution in [3.63, 3.8) is 0 Å². The zero-order chi connectivity index (χ0) is 20.4. The third-order valence-corrected chi connectivity index (χ3v) is 6.69. The number of nitrogens with one attached hydrogen (secondary N) is 1. The molecule has 0 spiro atoms. The Labute approximate surface area is 171 Å². The average Bonchev–Trinajstić information content (AvgIpc) is 3.15. The highest BCUT2D eigenvalue weighted by Gasteiger charge is 2.27. The summed E-state index contributed by atoms with van der Waals surface area (Å²) < 4.78 is 29.6. The molecule has 1 heterocycles. The number of rotatable bonds is 5. The average molecular weight is 412 g/mol. The van der Waals surface area contributed by atoms with Crippen molar-refractivity contribution in [2.24, 2.45) is 5.92 Å². The van der Waals surface area contributed by atoms with E-state index in [0.717, 1.165) is 48.1 Å². The molecule has 2 atom stereocenters. The maximum absolute atomic E-state index is 12.4. The molecule has 0 saturated carbocycles. The summed E-state index contributed by atoms with van der Waals surface area (Å²) >= 11 is 0. The molecule has 2 aliphatic rings. The van der Waals surface area contributed by atoms with E-state index < -0.39 is 9.84 Å². The SMILES string of the molecule is CS(=O)(=O)c1ccc(-c2cccc3c2OC(CNC(=O)C2CC=CCC2)C3)cc1. The van der Waals surface area contributed by atoms with Gasteiger partial charge in [-0.25, -0.2) is 8.42 Å². The van der Waals surface area contributed by atoms with Gasteiger partial charge in [0.05, 0.1) is 11.4 Å². The largest absolute Gasteiger partial charge is 0.487 e. The second-order valence-corrected chi connectivity index (χ2v) is 9.78. The fourth-order valence-electron chi connectivity index (χ4n) is 3.95. The summed E-state index contributed by atoms with van der Waals surface area (Å²) in [6.07, 6.45) is 8.74. The third kappa shape index (κ3) is 4.37. The van der Waals surface area contributed by atoms with Gasteiger partial charge in [-0.05, 0) is 42.5 Å². The highest BCUT2D eigenvalue weighted by molar-refractivity contribution is 7.90. The van der Waals surface area contributed by atoms with Crippen molar-refractivity contribution in [3.05, 3.63) is 60.2 Å². The topological polar surface area (TPSA) is 72.5 Å². The number of hydrogen-bond acceptors (Lipinski definition) is 4. The molecule has 1 aliphatic heterocycles. The molecule has 1 aliphatic carbocycles. The van der Waals surface area contributed by atoms with Crippen molar-refractivity contribution >= 4 is 15.7 Å². The van der Waals surface area contributed by atoms with Gasteiger partial charge in [-0.15, -0.1) is 0 Å². The van der Waals surface area contributed by atoms with Gasteiger partial charge in [0.1, 0.15) is 11.9 Å². The molecule has 0 aromatic heterocycles. The molecule has 2 aromatic rings. The molecule has 0 bridgehead atoms. The Morgan fingerprint density at radius 2 is 1.93 bits per heavy atom. The lowest BCUT2D eigenvalue weighted by Crippen LogP contribution is -2.38. The Bertz CT molecular complexity index is 1040. The number of hydrogen-bond donors (Lipinski definition) is 1. The van der Waals surface area contributed by atoms with Crippen molar-refractivity contribution < 1.29 is 17.9 Å². The molecule has 0 radical (unpaired) electrons. The first-order chi connectivity index (χ1) is 13.9. The van der Waals surface area contributed by atoms with Crippen molar-refractivity contribution in [3.8, 4) is 16.9 Å². The zero-order valence-electron chi connectivity index (χ0n) is 16.4. The van der Waals surface area contributed by atoms with Crippen molar-refractivity contribution in [1.29, 1.82) is 0 Å². The predicted octanol–water partition coefficient (Wildman–Crippen LogP) is 3.53. The van der Waals surface area contributed by atoms with Gasteiger partial charge in [0.2, 0.25) is 5.91 Å². The summed E-state index contributed by atoms with van der Waals surface area (Å²) in [7, 11) is -3.22. The van der Waals surface area contributed by atoms with E-state index in [9.17, 15) is 13.2 Å². The predicted molar refractivity (Wildman–Crippen MR) is 113 cm³/mol. The van der Waals surface area contributed by atoms with Crippen LogP contribution in [-0.4, -0.2) is 33.2 Å². The summed E-state index contributed by atoms with van der Waals surface area (Å²) in [4.78, 5) is 12.7. The first-order valence-electron chi connectivity index (χ1n) is 9.93. The van der Waals surface area contributed by atoms with Crippen molar-refractivity contribution in [2.75, 3.05) is 12.8 Å². The van der Waals surface area contributed by atoms with Gasteiger partial charge >= 0.3 is 0 Å². The highest BCUT2D eigenvalue weighted by Crippen LogP contribution is 2.39. The minimum absolute atomic E-state index is 0.0627. The van der Waals surface area contributed by atoms with Crippen LogP contribution in [0.3, 0.4) is 0 Å². The normalized spacial score (nSPS) is 20.7. The second-order valence-electron chi connectivity index (χ2n) is 7.76. The number of fused-ring (bicyclic) bond motifs is 1. The lowest BCUT2D eigenvalue weighted by Gasteiger charge is -2.19. The molecule has 1 N–H and O–H groups in total. The molecule has 29 heavy (non-hydrogen) atoms. The summed E-state index contributed by atoms with van der Waals surface area (Å²) in [6.45, 7) is 0.486. The molecule has 1 amide bonds.